The van der Waals surface area contributed by atoms with Gasteiger partial charge in [0.05, 0.1) is 27.0 Å². The zero-order chi connectivity index (χ0) is 20.5. The number of methoxy groups -OCH3 is 3. The molecule has 0 bridgehead atoms. The topological polar surface area (TPSA) is 56.8 Å². The van der Waals surface area contributed by atoms with Crippen LogP contribution in [0, 0.1) is 5.82 Å². The van der Waals surface area contributed by atoms with Crippen molar-refractivity contribution in [3.8, 4) is 28.4 Å². The van der Waals surface area contributed by atoms with Crippen molar-refractivity contribution in [1.82, 2.24) is 0 Å². The van der Waals surface area contributed by atoms with Crippen molar-refractivity contribution in [3.63, 3.8) is 0 Å². The maximum atomic E-state index is 13.3. The maximum absolute atomic E-state index is 13.3. The largest absolute Gasteiger partial charge is 0.496 e. The van der Waals surface area contributed by atoms with Crippen molar-refractivity contribution in [2.24, 2.45) is 0 Å². The summed E-state index contributed by atoms with van der Waals surface area (Å²) in [6.07, 6.45) is 0.294. The normalized spacial score (nSPS) is 15.4. The van der Waals surface area contributed by atoms with Crippen molar-refractivity contribution in [2.45, 2.75) is 12.3 Å². The van der Waals surface area contributed by atoms with Gasteiger partial charge in [-0.15, -0.1) is 11.3 Å². The predicted octanol–water partition coefficient (Wildman–Crippen LogP) is 5.05. The standard InChI is InChI=1S/C22H20FNO4S/c1-26-17-10-19(28-3)18(27-2)8-14(17)15-9-20(25)24-21-16(11-29-22(15)21)12-4-6-13(23)7-5-12/h4-8,10-11,15H,9H2,1-3H3,(H,24,25)/t15-/m0/s1. The van der Waals surface area contributed by atoms with Crippen molar-refractivity contribution >= 4 is 22.9 Å². The summed E-state index contributed by atoms with van der Waals surface area (Å²) in [5, 5.41) is 4.98. The lowest BCUT2D eigenvalue weighted by Gasteiger charge is -2.26. The summed E-state index contributed by atoms with van der Waals surface area (Å²) in [4.78, 5) is 13.6. The Morgan fingerprint density at radius 2 is 1.66 bits per heavy atom. The number of halogens is 1. The number of ether oxygens (including phenoxy) is 3. The number of amides is 1. The van der Waals surface area contributed by atoms with Gasteiger partial charge in [0, 0.05) is 39.8 Å². The van der Waals surface area contributed by atoms with E-state index in [2.05, 4.69) is 5.32 Å². The van der Waals surface area contributed by atoms with E-state index in [1.54, 1.807) is 50.9 Å². The second-order valence-electron chi connectivity index (χ2n) is 6.65. The molecule has 1 aliphatic rings. The first-order chi connectivity index (χ1) is 14.0. The van der Waals surface area contributed by atoms with Crippen LogP contribution in [0.2, 0.25) is 0 Å². The smallest absolute Gasteiger partial charge is 0.225 e. The van der Waals surface area contributed by atoms with E-state index in [0.717, 1.165) is 27.3 Å². The fourth-order valence-corrected chi connectivity index (χ4v) is 4.80. The van der Waals surface area contributed by atoms with Crippen LogP contribution in [0.3, 0.4) is 0 Å². The Hall–Kier alpha value is -3.06. The first-order valence-corrected chi connectivity index (χ1v) is 9.90. The van der Waals surface area contributed by atoms with E-state index in [-0.39, 0.29) is 17.6 Å². The molecule has 2 aromatic carbocycles. The number of carbonyl (C=O) groups excluding carboxylic acids is 1. The van der Waals surface area contributed by atoms with Gasteiger partial charge in [0.15, 0.2) is 11.5 Å². The van der Waals surface area contributed by atoms with Crippen LogP contribution in [0.5, 0.6) is 17.2 Å². The first kappa shape index (κ1) is 19.3. The lowest BCUT2D eigenvalue weighted by molar-refractivity contribution is -0.116. The number of thiophene rings is 1. The van der Waals surface area contributed by atoms with Crippen molar-refractivity contribution in [3.05, 3.63) is 58.0 Å². The molecule has 7 heteroatoms. The first-order valence-electron chi connectivity index (χ1n) is 9.02. The Kier molecular flexibility index (Phi) is 5.15. The monoisotopic (exact) mass is 413 g/mol. The molecule has 3 aromatic rings. The summed E-state index contributed by atoms with van der Waals surface area (Å²) in [5.74, 6) is 1.20. The Morgan fingerprint density at radius 3 is 2.31 bits per heavy atom. The van der Waals surface area contributed by atoms with Crippen LogP contribution in [0.1, 0.15) is 22.8 Å². The van der Waals surface area contributed by atoms with Crippen molar-refractivity contribution in [1.29, 1.82) is 0 Å². The third-order valence-electron chi connectivity index (χ3n) is 5.06. The van der Waals surface area contributed by atoms with Crippen LogP contribution >= 0.6 is 11.3 Å². The van der Waals surface area contributed by atoms with E-state index in [9.17, 15) is 9.18 Å². The second-order valence-corrected chi connectivity index (χ2v) is 7.56. The van der Waals surface area contributed by atoms with Gasteiger partial charge >= 0.3 is 0 Å². The summed E-state index contributed by atoms with van der Waals surface area (Å²) in [6, 6.07) is 9.89. The van der Waals surface area contributed by atoms with Crippen molar-refractivity contribution < 1.29 is 23.4 Å². The van der Waals surface area contributed by atoms with Gasteiger partial charge in [-0.2, -0.15) is 0 Å². The molecular formula is C22H20FNO4S. The summed E-state index contributed by atoms with van der Waals surface area (Å²) in [5.41, 5.74) is 3.35. The summed E-state index contributed by atoms with van der Waals surface area (Å²) in [7, 11) is 4.73. The van der Waals surface area contributed by atoms with Gasteiger partial charge in [0.2, 0.25) is 5.91 Å². The Morgan fingerprint density at radius 1 is 1.00 bits per heavy atom. The maximum Gasteiger partial charge on any atom is 0.225 e. The van der Waals surface area contributed by atoms with E-state index >= 15 is 0 Å². The molecule has 0 radical (unpaired) electrons. The molecule has 0 aliphatic carbocycles. The number of nitrogens with one attached hydrogen (secondary N) is 1. The minimum Gasteiger partial charge on any atom is -0.496 e. The van der Waals surface area contributed by atoms with Crippen LogP contribution in [-0.4, -0.2) is 27.2 Å². The Bertz CT molecular complexity index is 1060. The molecule has 2 heterocycles. The summed E-state index contributed by atoms with van der Waals surface area (Å²) < 4.78 is 29.7. The molecule has 1 atom stereocenters. The van der Waals surface area contributed by atoms with Gasteiger partial charge in [-0.1, -0.05) is 12.1 Å². The highest BCUT2D eigenvalue weighted by atomic mass is 32.1. The Balaban J connectivity index is 1.84. The molecule has 0 saturated carbocycles. The highest BCUT2D eigenvalue weighted by molar-refractivity contribution is 7.11. The minimum atomic E-state index is -0.296. The molecule has 150 valence electrons. The summed E-state index contributed by atoms with van der Waals surface area (Å²) >= 11 is 1.56. The van der Waals surface area contributed by atoms with Crippen molar-refractivity contribution in [2.75, 3.05) is 26.6 Å². The number of fused-ring (bicyclic) bond motifs is 1. The van der Waals surface area contributed by atoms with Crippen LogP contribution in [0.4, 0.5) is 10.1 Å². The number of carbonyl (C=O) groups is 1. The van der Waals surface area contributed by atoms with Gasteiger partial charge in [0.1, 0.15) is 11.6 Å². The molecular weight excluding hydrogens is 393 g/mol. The zero-order valence-corrected chi connectivity index (χ0v) is 17.1. The van der Waals surface area contributed by atoms with E-state index in [0.29, 0.717) is 23.7 Å². The van der Waals surface area contributed by atoms with Gasteiger partial charge < -0.3 is 19.5 Å². The molecule has 4 rings (SSSR count). The molecule has 0 unspecified atom stereocenters. The quantitative estimate of drug-likeness (QED) is 0.636. The van der Waals surface area contributed by atoms with Crippen LogP contribution in [0.25, 0.3) is 11.1 Å². The lowest BCUT2D eigenvalue weighted by atomic mass is 9.88. The van der Waals surface area contributed by atoms with E-state index in [4.69, 9.17) is 14.2 Å². The summed E-state index contributed by atoms with van der Waals surface area (Å²) in [6.45, 7) is 0. The van der Waals surface area contributed by atoms with Crippen LogP contribution in [-0.2, 0) is 4.79 Å². The number of anilines is 1. The fraction of sp³-hybridized carbons (Fsp3) is 0.227. The molecule has 29 heavy (non-hydrogen) atoms. The molecule has 5 nitrogen and oxygen atoms in total. The highest BCUT2D eigenvalue weighted by Gasteiger charge is 2.33. The number of benzene rings is 2. The molecule has 1 aromatic heterocycles. The van der Waals surface area contributed by atoms with Gasteiger partial charge in [-0.25, -0.2) is 4.39 Å². The predicted molar refractivity (Wildman–Crippen MR) is 111 cm³/mol. The number of hydrogen-bond donors (Lipinski definition) is 1. The SMILES string of the molecule is COc1cc(OC)c([C@@H]2CC(=O)Nc3c(-c4ccc(F)cc4)csc32)cc1OC. The minimum absolute atomic E-state index is 0.0823. The third-order valence-corrected chi connectivity index (χ3v) is 6.15. The van der Waals surface area contributed by atoms with Gasteiger partial charge in [-0.3, -0.25) is 4.79 Å². The molecule has 1 N–H and O–H groups in total. The average molecular weight is 413 g/mol. The molecule has 0 spiro atoms. The van der Waals surface area contributed by atoms with E-state index in [1.165, 1.54) is 12.1 Å². The van der Waals surface area contributed by atoms with Gasteiger partial charge in [0.25, 0.3) is 0 Å². The average Bonchev–Trinajstić information content (AvgIpc) is 3.16. The van der Waals surface area contributed by atoms with E-state index in [1.807, 2.05) is 11.4 Å². The molecule has 1 amide bonds. The second kappa shape index (κ2) is 7.75. The van der Waals surface area contributed by atoms with Gasteiger partial charge in [-0.05, 0) is 23.8 Å². The number of hydrogen-bond acceptors (Lipinski definition) is 5. The zero-order valence-electron chi connectivity index (χ0n) is 16.2. The Labute approximate surface area is 172 Å². The lowest BCUT2D eigenvalue weighted by Crippen LogP contribution is -2.22. The molecule has 0 fully saturated rings. The fourth-order valence-electron chi connectivity index (χ4n) is 3.64. The van der Waals surface area contributed by atoms with E-state index < -0.39 is 0 Å². The third kappa shape index (κ3) is 3.42. The molecule has 1 aliphatic heterocycles. The highest BCUT2D eigenvalue weighted by Crippen LogP contribution is 2.50. The van der Waals surface area contributed by atoms with Crippen LogP contribution in [0.15, 0.2) is 41.8 Å². The van der Waals surface area contributed by atoms with Crippen LogP contribution < -0.4 is 19.5 Å². The molecule has 0 saturated heterocycles. The number of rotatable bonds is 5.